The monoisotopic (exact) mass is 422 g/mol. The van der Waals surface area contributed by atoms with Crippen molar-refractivity contribution < 1.29 is 32.6 Å². The van der Waals surface area contributed by atoms with E-state index in [0.29, 0.717) is 23.8 Å². The zero-order chi connectivity index (χ0) is 21.8. The maximum Gasteiger partial charge on any atom is 0.490 e. The van der Waals surface area contributed by atoms with Crippen LogP contribution in [0, 0.1) is 23.7 Å². The van der Waals surface area contributed by atoms with Gasteiger partial charge in [-0.1, -0.05) is 0 Å². The summed E-state index contributed by atoms with van der Waals surface area (Å²) in [6.07, 6.45) is -0.220. The predicted octanol–water partition coefficient (Wildman–Crippen LogP) is 2.87. The van der Waals surface area contributed by atoms with Crippen LogP contribution in [0.2, 0.25) is 0 Å². The van der Waals surface area contributed by atoms with Crippen LogP contribution in [0.5, 0.6) is 0 Å². The first-order valence-electron chi connectivity index (χ1n) is 10.4. The highest BCUT2D eigenvalue weighted by Gasteiger charge is 2.43. The second-order valence-electron chi connectivity index (χ2n) is 8.74. The smallest absolute Gasteiger partial charge is 0.475 e. The van der Waals surface area contributed by atoms with Gasteiger partial charge in [0, 0.05) is 38.1 Å². The Kier molecular flexibility index (Phi) is 8.34. The van der Waals surface area contributed by atoms with E-state index >= 15 is 0 Å². The molecule has 29 heavy (non-hydrogen) atoms. The number of fused-ring (bicyclic) bond motifs is 1. The Bertz CT molecular complexity index is 566. The van der Waals surface area contributed by atoms with E-state index in [-0.39, 0.29) is 5.92 Å². The van der Waals surface area contributed by atoms with Crippen molar-refractivity contribution in [1.29, 1.82) is 0 Å². The minimum Gasteiger partial charge on any atom is -0.475 e. The van der Waals surface area contributed by atoms with Crippen molar-refractivity contribution in [3.05, 3.63) is 0 Å². The fourth-order valence-corrected chi connectivity index (χ4v) is 4.24. The van der Waals surface area contributed by atoms with Crippen LogP contribution in [-0.2, 0) is 14.3 Å². The van der Waals surface area contributed by atoms with Gasteiger partial charge in [-0.3, -0.25) is 4.79 Å². The van der Waals surface area contributed by atoms with E-state index in [9.17, 15) is 18.0 Å². The van der Waals surface area contributed by atoms with E-state index in [1.807, 2.05) is 11.9 Å². The van der Waals surface area contributed by atoms with Crippen LogP contribution < -0.4 is 0 Å². The van der Waals surface area contributed by atoms with Gasteiger partial charge in [0.25, 0.3) is 0 Å². The SMILES string of the molecule is CC(C)N1CC[C@@H]2[C@H](COCC3CC3)CN(C)C(=O)[C@@H]2CC1.O=C(O)C(F)(F)F. The predicted molar refractivity (Wildman–Crippen MR) is 101 cm³/mol. The summed E-state index contributed by atoms with van der Waals surface area (Å²) in [5.41, 5.74) is 0. The summed E-state index contributed by atoms with van der Waals surface area (Å²) in [5.74, 6) is -0.298. The van der Waals surface area contributed by atoms with Crippen LogP contribution in [0.1, 0.15) is 39.5 Å². The summed E-state index contributed by atoms with van der Waals surface area (Å²) in [4.78, 5) is 26.0. The van der Waals surface area contributed by atoms with E-state index in [0.717, 1.165) is 51.6 Å². The van der Waals surface area contributed by atoms with Crippen LogP contribution in [0.25, 0.3) is 0 Å². The van der Waals surface area contributed by atoms with Crippen LogP contribution in [0.4, 0.5) is 13.2 Å². The van der Waals surface area contributed by atoms with Crippen LogP contribution in [0.15, 0.2) is 0 Å². The van der Waals surface area contributed by atoms with Crippen LogP contribution in [0.3, 0.4) is 0 Å². The Hall–Kier alpha value is -1.35. The third-order valence-corrected chi connectivity index (χ3v) is 6.16. The molecule has 0 bridgehead atoms. The largest absolute Gasteiger partial charge is 0.490 e. The molecule has 2 aliphatic heterocycles. The van der Waals surface area contributed by atoms with E-state index in [4.69, 9.17) is 14.6 Å². The highest BCUT2D eigenvalue weighted by Crippen LogP contribution is 2.37. The van der Waals surface area contributed by atoms with Crippen molar-refractivity contribution in [3.63, 3.8) is 0 Å². The lowest BCUT2D eigenvalue weighted by Gasteiger charge is -2.41. The minimum absolute atomic E-state index is 0.219. The van der Waals surface area contributed by atoms with Crippen molar-refractivity contribution in [2.45, 2.75) is 51.7 Å². The summed E-state index contributed by atoms with van der Waals surface area (Å²) in [7, 11) is 1.97. The number of likely N-dealkylation sites (tertiary alicyclic amines) is 2. The lowest BCUT2D eigenvalue weighted by molar-refractivity contribution is -0.192. The zero-order valence-electron chi connectivity index (χ0n) is 17.5. The number of hydrogen-bond acceptors (Lipinski definition) is 4. The molecule has 3 fully saturated rings. The molecule has 0 radical (unpaired) electrons. The number of rotatable bonds is 5. The van der Waals surface area contributed by atoms with Gasteiger partial charge in [0.1, 0.15) is 0 Å². The van der Waals surface area contributed by atoms with Gasteiger partial charge in [-0.15, -0.1) is 0 Å². The molecule has 9 heteroatoms. The second-order valence-corrected chi connectivity index (χ2v) is 8.74. The number of alkyl halides is 3. The third-order valence-electron chi connectivity index (χ3n) is 6.16. The Balaban J connectivity index is 0.000000370. The van der Waals surface area contributed by atoms with Gasteiger partial charge >= 0.3 is 12.1 Å². The summed E-state index contributed by atoms with van der Waals surface area (Å²) in [6, 6.07) is 0.581. The average Bonchev–Trinajstić information content (AvgIpc) is 3.44. The first-order valence-corrected chi connectivity index (χ1v) is 10.4. The van der Waals surface area contributed by atoms with Crippen molar-refractivity contribution in [1.82, 2.24) is 9.80 Å². The molecule has 0 aromatic rings. The van der Waals surface area contributed by atoms with Gasteiger partial charge in [-0.2, -0.15) is 13.2 Å². The van der Waals surface area contributed by atoms with Gasteiger partial charge in [-0.05, 0) is 64.5 Å². The number of piperidine rings is 1. The normalized spacial score (nSPS) is 28.4. The molecule has 1 N–H and O–H groups in total. The maximum absolute atomic E-state index is 12.6. The van der Waals surface area contributed by atoms with E-state index < -0.39 is 12.1 Å². The number of carbonyl (C=O) groups excluding carboxylic acids is 1. The standard InChI is InChI=1S/C18H32N2O2.C2HF3O2/c1-13(2)20-8-6-16-15(12-22-11-14-4-5-14)10-19(3)18(21)17(16)7-9-20;3-2(4,5)1(6)7/h13-17H,4-12H2,1-3H3;(H,6,7)/t15-,16+,17+;/m0./s1. The number of carboxylic acids is 1. The summed E-state index contributed by atoms with van der Waals surface area (Å²) < 4.78 is 37.7. The number of carbonyl (C=O) groups is 2. The fraction of sp³-hybridized carbons (Fsp3) is 0.900. The fourth-order valence-electron chi connectivity index (χ4n) is 4.24. The highest BCUT2D eigenvalue weighted by molar-refractivity contribution is 5.79. The molecule has 2 saturated heterocycles. The van der Waals surface area contributed by atoms with Crippen molar-refractivity contribution in [2.75, 3.05) is 39.9 Å². The Labute approximate surface area is 170 Å². The molecule has 0 unspecified atom stereocenters. The quantitative estimate of drug-likeness (QED) is 0.738. The first kappa shape index (κ1) is 23.9. The second kappa shape index (κ2) is 10.1. The number of aliphatic carboxylic acids is 1. The number of ether oxygens (including phenoxy) is 1. The molecule has 0 spiro atoms. The molecule has 1 saturated carbocycles. The molecule has 1 aliphatic carbocycles. The molecule has 0 aromatic heterocycles. The van der Waals surface area contributed by atoms with E-state index in [1.54, 1.807) is 0 Å². The van der Waals surface area contributed by atoms with Crippen LogP contribution >= 0.6 is 0 Å². The van der Waals surface area contributed by atoms with Gasteiger partial charge in [-0.25, -0.2) is 4.79 Å². The topological polar surface area (TPSA) is 70.1 Å². The van der Waals surface area contributed by atoms with Crippen molar-refractivity contribution in [3.8, 4) is 0 Å². The molecule has 3 atom stereocenters. The Morgan fingerprint density at radius 2 is 1.76 bits per heavy atom. The summed E-state index contributed by atoms with van der Waals surface area (Å²) in [6.45, 7) is 9.38. The molecule has 0 aromatic carbocycles. The highest BCUT2D eigenvalue weighted by atomic mass is 19.4. The van der Waals surface area contributed by atoms with Gasteiger partial charge in [0.2, 0.25) is 5.91 Å². The molecule has 168 valence electrons. The molecular formula is C20H33F3N2O4. The first-order chi connectivity index (χ1) is 13.5. The third kappa shape index (κ3) is 7.13. The van der Waals surface area contributed by atoms with E-state index in [1.165, 1.54) is 12.8 Å². The molecule has 6 nitrogen and oxygen atoms in total. The average molecular weight is 422 g/mol. The number of carboxylic acid groups (broad SMARTS) is 1. The number of nitrogens with zero attached hydrogens (tertiary/aromatic N) is 2. The molecule has 3 aliphatic rings. The molecule has 2 heterocycles. The van der Waals surface area contributed by atoms with Crippen LogP contribution in [-0.4, -0.2) is 78.9 Å². The minimum atomic E-state index is -5.08. The number of halogens is 3. The van der Waals surface area contributed by atoms with Gasteiger partial charge in [0.15, 0.2) is 0 Å². The maximum atomic E-state index is 12.6. The number of amides is 1. The van der Waals surface area contributed by atoms with Crippen molar-refractivity contribution in [2.24, 2.45) is 23.7 Å². The van der Waals surface area contributed by atoms with Crippen molar-refractivity contribution >= 4 is 11.9 Å². The molecule has 1 amide bonds. The summed E-state index contributed by atoms with van der Waals surface area (Å²) in [5, 5.41) is 7.12. The lowest BCUT2D eigenvalue weighted by atomic mass is 9.75. The lowest BCUT2D eigenvalue weighted by Crippen LogP contribution is -2.50. The summed E-state index contributed by atoms with van der Waals surface area (Å²) >= 11 is 0. The molecular weight excluding hydrogens is 389 g/mol. The Morgan fingerprint density at radius 1 is 1.17 bits per heavy atom. The van der Waals surface area contributed by atoms with Gasteiger partial charge in [0.05, 0.1) is 6.61 Å². The van der Waals surface area contributed by atoms with Gasteiger partial charge < -0.3 is 19.6 Å². The number of hydrogen-bond donors (Lipinski definition) is 1. The zero-order valence-corrected chi connectivity index (χ0v) is 17.5. The molecule has 3 rings (SSSR count). The van der Waals surface area contributed by atoms with E-state index in [2.05, 4.69) is 18.7 Å². The Morgan fingerprint density at radius 3 is 2.28 bits per heavy atom.